The van der Waals surface area contributed by atoms with Gasteiger partial charge in [0.15, 0.2) is 5.78 Å². The van der Waals surface area contributed by atoms with Gasteiger partial charge in [-0.25, -0.2) is 0 Å². The van der Waals surface area contributed by atoms with E-state index in [-0.39, 0.29) is 11.8 Å². The molecule has 110 valence electrons. The number of likely N-dealkylation sites (N-methyl/N-ethyl adjacent to an activating group) is 1. The minimum Gasteiger partial charge on any atom is -0.361 e. The highest BCUT2D eigenvalue weighted by Gasteiger charge is 2.25. The number of nitrogens with zero attached hydrogens (tertiary/aromatic N) is 1. The summed E-state index contributed by atoms with van der Waals surface area (Å²) >= 11 is 0. The summed E-state index contributed by atoms with van der Waals surface area (Å²) in [6.07, 6.45) is 0.801. The number of carbonyl (C=O) groups is 1. The van der Waals surface area contributed by atoms with Gasteiger partial charge in [0.05, 0.1) is 6.04 Å². The van der Waals surface area contributed by atoms with Crippen molar-refractivity contribution in [1.29, 1.82) is 0 Å². The maximum atomic E-state index is 12.8. The van der Waals surface area contributed by atoms with E-state index in [1.807, 2.05) is 42.5 Å². The zero-order valence-electron chi connectivity index (χ0n) is 13.0. The van der Waals surface area contributed by atoms with Gasteiger partial charge in [0, 0.05) is 17.8 Å². The van der Waals surface area contributed by atoms with Gasteiger partial charge in [-0.3, -0.25) is 4.79 Å². The summed E-state index contributed by atoms with van der Waals surface area (Å²) in [5.41, 5.74) is 3.14. The van der Waals surface area contributed by atoms with Gasteiger partial charge in [-0.05, 0) is 31.9 Å². The quantitative estimate of drug-likeness (QED) is 0.727. The molecular formula is C19H23NO. The van der Waals surface area contributed by atoms with E-state index in [2.05, 4.69) is 37.8 Å². The molecule has 2 heteroatoms. The molecule has 2 rings (SSSR count). The number of aryl methyl sites for hydroxylation is 1. The van der Waals surface area contributed by atoms with Crippen LogP contribution in [-0.2, 0) is 0 Å². The normalized spacial score (nSPS) is 12.0. The van der Waals surface area contributed by atoms with E-state index in [1.165, 1.54) is 5.56 Å². The lowest BCUT2D eigenvalue weighted by Gasteiger charge is -2.32. The Morgan fingerprint density at radius 3 is 2.19 bits per heavy atom. The Bertz CT molecular complexity index is 592. The van der Waals surface area contributed by atoms with Crippen molar-refractivity contribution in [3.05, 3.63) is 65.7 Å². The number of benzene rings is 2. The van der Waals surface area contributed by atoms with Crippen LogP contribution in [0.15, 0.2) is 54.6 Å². The van der Waals surface area contributed by atoms with Crippen molar-refractivity contribution in [2.45, 2.75) is 33.2 Å². The van der Waals surface area contributed by atoms with Crippen molar-refractivity contribution in [2.24, 2.45) is 0 Å². The van der Waals surface area contributed by atoms with E-state index in [9.17, 15) is 4.79 Å². The van der Waals surface area contributed by atoms with Crippen molar-refractivity contribution in [2.75, 3.05) is 11.4 Å². The molecule has 0 N–H and O–H groups in total. The largest absolute Gasteiger partial charge is 0.361 e. The van der Waals surface area contributed by atoms with Crippen LogP contribution in [0.25, 0.3) is 0 Å². The lowest BCUT2D eigenvalue weighted by atomic mass is 9.99. The highest BCUT2D eigenvalue weighted by molar-refractivity contribution is 6.02. The van der Waals surface area contributed by atoms with Gasteiger partial charge in [0.1, 0.15) is 0 Å². The van der Waals surface area contributed by atoms with Crippen LogP contribution in [-0.4, -0.2) is 18.4 Å². The summed E-state index contributed by atoms with van der Waals surface area (Å²) < 4.78 is 0. The van der Waals surface area contributed by atoms with Crippen LogP contribution in [0.4, 0.5) is 5.69 Å². The number of para-hydroxylation sites is 1. The van der Waals surface area contributed by atoms with Gasteiger partial charge >= 0.3 is 0 Å². The van der Waals surface area contributed by atoms with Crippen molar-refractivity contribution >= 4 is 11.5 Å². The number of anilines is 1. The van der Waals surface area contributed by atoms with Crippen molar-refractivity contribution in [3.8, 4) is 0 Å². The topological polar surface area (TPSA) is 20.3 Å². The van der Waals surface area contributed by atoms with Gasteiger partial charge in [-0.2, -0.15) is 0 Å². The van der Waals surface area contributed by atoms with Crippen molar-refractivity contribution in [3.63, 3.8) is 0 Å². The monoisotopic (exact) mass is 281 g/mol. The Labute approximate surface area is 127 Å². The summed E-state index contributed by atoms with van der Waals surface area (Å²) in [6, 6.07) is 17.7. The number of rotatable bonds is 6. The van der Waals surface area contributed by atoms with E-state index < -0.39 is 0 Å². The van der Waals surface area contributed by atoms with Crippen LogP contribution >= 0.6 is 0 Å². The number of carbonyl (C=O) groups excluding carboxylic acids is 1. The molecule has 2 aromatic carbocycles. The molecule has 0 aliphatic rings. The van der Waals surface area contributed by atoms with Gasteiger partial charge in [0.25, 0.3) is 0 Å². The molecule has 0 heterocycles. The third-order valence-corrected chi connectivity index (χ3v) is 3.89. The first kappa shape index (κ1) is 15.3. The molecule has 2 nitrogen and oxygen atoms in total. The van der Waals surface area contributed by atoms with Crippen LogP contribution in [0.5, 0.6) is 0 Å². The third kappa shape index (κ3) is 3.33. The van der Waals surface area contributed by atoms with E-state index in [0.29, 0.717) is 0 Å². The molecule has 1 unspecified atom stereocenters. The van der Waals surface area contributed by atoms with Crippen molar-refractivity contribution in [1.82, 2.24) is 0 Å². The number of Topliss-reactive ketones (excluding diaryl/α,β-unsaturated/α-hetero) is 1. The Kier molecular flexibility index (Phi) is 5.15. The first-order valence-corrected chi connectivity index (χ1v) is 7.60. The Morgan fingerprint density at radius 2 is 1.62 bits per heavy atom. The molecule has 0 aliphatic heterocycles. The smallest absolute Gasteiger partial charge is 0.185 e. The molecule has 0 spiro atoms. The third-order valence-electron chi connectivity index (χ3n) is 3.89. The zero-order chi connectivity index (χ0) is 15.2. The van der Waals surface area contributed by atoms with Gasteiger partial charge in [0.2, 0.25) is 0 Å². The maximum absolute atomic E-state index is 12.8. The summed E-state index contributed by atoms with van der Waals surface area (Å²) in [4.78, 5) is 15.0. The fraction of sp³-hybridized carbons (Fsp3) is 0.316. The predicted octanol–water partition coefficient (Wildman–Crippen LogP) is 4.48. The van der Waals surface area contributed by atoms with Crippen LogP contribution in [0.3, 0.4) is 0 Å². The number of hydrogen-bond acceptors (Lipinski definition) is 2. The van der Waals surface area contributed by atoms with E-state index in [0.717, 1.165) is 24.2 Å². The average Bonchev–Trinajstić information content (AvgIpc) is 2.54. The molecule has 0 saturated carbocycles. The maximum Gasteiger partial charge on any atom is 0.185 e. The lowest BCUT2D eigenvalue weighted by Crippen LogP contribution is -2.41. The van der Waals surface area contributed by atoms with E-state index in [1.54, 1.807) is 0 Å². The van der Waals surface area contributed by atoms with Gasteiger partial charge < -0.3 is 4.90 Å². The first-order chi connectivity index (χ1) is 10.2. The second-order valence-corrected chi connectivity index (χ2v) is 5.23. The number of ketones is 1. The van der Waals surface area contributed by atoms with Crippen LogP contribution in [0.2, 0.25) is 0 Å². The van der Waals surface area contributed by atoms with Gasteiger partial charge in [-0.15, -0.1) is 0 Å². The molecule has 0 fully saturated rings. The summed E-state index contributed by atoms with van der Waals surface area (Å²) in [5, 5.41) is 0. The second-order valence-electron chi connectivity index (χ2n) is 5.23. The van der Waals surface area contributed by atoms with Crippen LogP contribution < -0.4 is 4.90 Å². The van der Waals surface area contributed by atoms with Crippen LogP contribution in [0.1, 0.15) is 36.2 Å². The van der Waals surface area contributed by atoms with Crippen LogP contribution in [0, 0.1) is 6.92 Å². The second kappa shape index (κ2) is 7.07. The van der Waals surface area contributed by atoms with Crippen molar-refractivity contribution < 1.29 is 4.79 Å². The molecule has 0 amide bonds. The highest BCUT2D eigenvalue weighted by Crippen LogP contribution is 2.24. The highest BCUT2D eigenvalue weighted by atomic mass is 16.1. The Balaban J connectivity index is 2.35. The fourth-order valence-electron chi connectivity index (χ4n) is 2.79. The summed E-state index contributed by atoms with van der Waals surface area (Å²) in [7, 11) is 0. The molecule has 21 heavy (non-hydrogen) atoms. The Morgan fingerprint density at radius 1 is 1.00 bits per heavy atom. The minimum absolute atomic E-state index is 0.113. The predicted molar refractivity (Wildman–Crippen MR) is 89.1 cm³/mol. The standard InChI is InChI=1S/C19H23NO/c1-4-17(19(21)16-12-7-6-8-13-16)20(5-2)18-14-10-9-11-15(18)3/h6-14,17H,4-5H2,1-3H3. The molecule has 1 atom stereocenters. The number of hydrogen-bond donors (Lipinski definition) is 0. The van der Waals surface area contributed by atoms with E-state index in [4.69, 9.17) is 0 Å². The fourth-order valence-corrected chi connectivity index (χ4v) is 2.79. The zero-order valence-corrected chi connectivity index (χ0v) is 13.0. The summed E-state index contributed by atoms with van der Waals surface area (Å²) in [5.74, 6) is 0.197. The van der Waals surface area contributed by atoms with Gasteiger partial charge in [-0.1, -0.05) is 55.5 Å². The molecular weight excluding hydrogens is 258 g/mol. The Hall–Kier alpha value is -2.09. The summed E-state index contributed by atoms with van der Waals surface area (Å²) in [6.45, 7) is 7.10. The lowest BCUT2D eigenvalue weighted by molar-refractivity contribution is 0.0955. The van der Waals surface area contributed by atoms with E-state index >= 15 is 0 Å². The molecule has 0 saturated heterocycles. The molecule has 0 bridgehead atoms. The first-order valence-electron chi connectivity index (χ1n) is 7.60. The molecule has 2 aromatic rings. The SMILES string of the molecule is CCC(C(=O)c1ccccc1)N(CC)c1ccccc1C. The average molecular weight is 281 g/mol. The minimum atomic E-state index is -0.113. The molecule has 0 aliphatic carbocycles. The molecule has 0 radical (unpaired) electrons. The molecule has 0 aromatic heterocycles.